The van der Waals surface area contributed by atoms with Crippen molar-refractivity contribution in [3.8, 4) is 5.69 Å². The summed E-state index contributed by atoms with van der Waals surface area (Å²) in [5.74, 6) is -0.0353. The van der Waals surface area contributed by atoms with Crippen LogP contribution in [0.15, 0.2) is 30.6 Å². The second-order valence-corrected chi connectivity index (χ2v) is 4.35. The molecule has 19 heavy (non-hydrogen) atoms. The van der Waals surface area contributed by atoms with Crippen molar-refractivity contribution in [2.75, 3.05) is 18.5 Å². The summed E-state index contributed by atoms with van der Waals surface area (Å²) in [7, 11) is 0. The number of hydrogen-bond acceptors (Lipinski definition) is 5. The van der Waals surface area contributed by atoms with Crippen LogP contribution in [0.2, 0.25) is 0 Å². The van der Waals surface area contributed by atoms with Gasteiger partial charge in [0.15, 0.2) is 0 Å². The molecule has 0 saturated carbocycles. The second kappa shape index (κ2) is 5.15. The highest BCUT2D eigenvalue weighted by Crippen LogP contribution is 2.17. The van der Waals surface area contributed by atoms with Crippen LogP contribution in [0.3, 0.4) is 0 Å². The number of nitrogens with zero attached hydrogens (tertiary/aromatic N) is 4. The molecule has 98 valence electrons. The van der Waals surface area contributed by atoms with E-state index in [-0.39, 0.29) is 11.8 Å². The number of ether oxygens (including phenoxy) is 1. The Balaban J connectivity index is 1.67. The van der Waals surface area contributed by atoms with Gasteiger partial charge in [-0.1, -0.05) is 0 Å². The second-order valence-electron chi connectivity index (χ2n) is 4.35. The minimum Gasteiger partial charge on any atom is -0.381 e. The van der Waals surface area contributed by atoms with Crippen molar-refractivity contribution < 1.29 is 9.53 Å². The number of tetrazole rings is 1. The molecule has 1 aliphatic rings. The van der Waals surface area contributed by atoms with Gasteiger partial charge in [-0.25, -0.2) is 4.68 Å². The number of amides is 1. The summed E-state index contributed by atoms with van der Waals surface area (Å²) in [6.07, 6.45) is 2.30. The molecule has 2 aromatic rings. The zero-order valence-electron chi connectivity index (χ0n) is 10.2. The number of benzene rings is 1. The van der Waals surface area contributed by atoms with Crippen molar-refractivity contribution in [3.05, 3.63) is 30.6 Å². The number of aromatic nitrogens is 4. The minimum atomic E-state index is -0.0424. The Bertz CT molecular complexity index is 546. The Morgan fingerprint density at radius 1 is 1.37 bits per heavy atom. The van der Waals surface area contributed by atoms with E-state index in [1.165, 1.54) is 6.33 Å². The molecule has 3 rings (SSSR count). The lowest BCUT2D eigenvalue weighted by molar-refractivity contribution is -0.119. The van der Waals surface area contributed by atoms with Crippen molar-refractivity contribution in [1.82, 2.24) is 20.2 Å². The van der Waals surface area contributed by atoms with Gasteiger partial charge in [-0.2, -0.15) is 0 Å². The third-order valence-electron chi connectivity index (χ3n) is 3.05. The third-order valence-corrected chi connectivity index (χ3v) is 3.05. The highest BCUT2D eigenvalue weighted by Gasteiger charge is 2.23. The molecule has 0 bridgehead atoms. The summed E-state index contributed by atoms with van der Waals surface area (Å²) in [5, 5.41) is 13.8. The number of rotatable bonds is 3. The summed E-state index contributed by atoms with van der Waals surface area (Å²) in [5.41, 5.74) is 1.60. The van der Waals surface area contributed by atoms with E-state index in [0.29, 0.717) is 13.2 Å². The fraction of sp³-hybridized carbons (Fsp3) is 0.333. The molecule has 1 atom stereocenters. The van der Waals surface area contributed by atoms with Gasteiger partial charge in [0.1, 0.15) is 6.33 Å². The van der Waals surface area contributed by atoms with E-state index >= 15 is 0 Å². The van der Waals surface area contributed by atoms with Gasteiger partial charge in [-0.15, -0.1) is 5.10 Å². The monoisotopic (exact) mass is 259 g/mol. The zero-order chi connectivity index (χ0) is 13.1. The highest BCUT2D eigenvalue weighted by atomic mass is 16.5. The summed E-state index contributed by atoms with van der Waals surface area (Å²) in [6, 6.07) is 7.34. The van der Waals surface area contributed by atoms with Crippen LogP contribution in [0.25, 0.3) is 5.69 Å². The first kappa shape index (κ1) is 11.8. The first-order valence-corrected chi connectivity index (χ1v) is 6.05. The third kappa shape index (κ3) is 2.60. The van der Waals surface area contributed by atoms with Gasteiger partial charge in [-0.3, -0.25) is 4.79 Å². The van der Waals surface area contributed by atoms with E-state index < -0.39 is 0 Å². The summed E-state index contributed by atoms with van der Waals surface area (Å²) >= 11 is 0. The highest BCUT2D eigenvalue weighted by molar-refractivity contribution is 5.92. The fourth-order valence-corrected chi connectivity index (χ4v) is 1.96. The average Bonchev–Trinajstić information content (AvgIpc) is 3.13. The van der Waals surface area contributed by atoms with E-state index in [4.69, 9.17) is 4.74 Å². The molecule has 1 aliphatic heterocycles. The minimum absolute atomic E-state index is 0.00710. The molecule has 7 nitrogen and oxygen atoms in total. The van der Waals surface area contributed by atoms with Crippen LogP contribution in [0.1, 0.15) is 6.42 Å². The van der Waals surface area contributed by atoms with E-state index in [1.807, 2.05) is 24.3 Å². The van der Waals surface area contributed by atoms with Crippen LogP contribution in [-0.2, 0) is 9.53 Å². The molecule has 1 N–H and O–H groups in total. The fourth-order valence-electron chi connectivity index (χ4n) is 1.96. The van der Waals surface area contributed by atoms with Gasteiger partial charge in [0.25, 0.3) is 0 Å². The normalized spacial score (nSPS) is 18.4. The van der Waals surface area contributed by atoms with Crippen molar-refractivity contribution in [3.63, 3.8) is 0 Å². The smallest absolute Gasteiger partial charge is 0.229 e. The van der Waals surface area contributed by atoms with E-state index in [2.05, 4.69) is 20.8 Å². The van der Waals surface area contributed by atoms with Crippen LogP contribution in [0.4, 0.5) is 5.69 Å². The van der Waals surface area contributed by atoms with Gasteiger partial charge in [0.2, 0.25) is 5.91 Å². The van der Waals surface area contributed by atoms with Gasteiger partial charge in [0.05, 0.1) is 18.2 Å². The first-order chi connectivity index (χ1) is 9.33. The van der Waals surface area contributed by atoms with Crippen LogP contribution >= 0.6 is 0 Å². The molecule has 1 unspecified atom stereocenters. The maximum absolute atomic E-state index is 11.9. The number of carbonyl (C=O) groups excluding carboxylic acids is 1. The molecular formula is C12H13N5O2. The largest absolute Gasteiger partial charge is 0.381 e. The van der Waals surface area contributed by atoms with Crippen LogP contribution < -0.4 is 5.32 Å². The van der Waals surface area contributed by atoms with Gasteiger partial charge in [0, 0.05) is 12.3 Å². The van der Waals surface area contributed by atoms with Crippen molar-refractivity contribution >= 4 is 11.6 Å². The molecule has 2 heterocycles. The molecule has 0 radical (unpaired) electrons. The first-order valence-electron chi connectivity index (χ1n) is 6.05. The molecular weight excluding hydrogens is 246 g/mol. The van der Waals surface area contributed by atoms with Gasteiger partial charge < -0.3 is 10.1 Å². The standard InChI is InChI=1S/C12H13N5O2/c18-12(9-5-6-19-7-9)14-10-1-3-11(4-2-10)17-8-13-15-16-17/h1-4,8-9H,5-7H2,(H,14,18). The molecule has 0 spiro atoms. The topological polar surface area (TPSA) is 81.9 Å². The molecule has 1 amide bonds. The van der Waals surface area contributed by atoms with Crippen LogP contribution in [0, 0.1) is 5.92 Å². The number of nitrogens with one attached hydrogen (secondary N) is 1. The van der Waals surface area contributed by atoms with E-state index in [0.717, 1.165) is 17.8 Å². The Hall–Kier alpha value is -2.28. The molecule has 1 aromatic heterocycles. The molecule has 1 fully saturated rings. The van der Waals surface area contributed by atoms with Crippen molar-refractivity contribution in [2.45, 2.75) is 6.42 Å². The lowest BCUT2D eigenvalue weighted by Crippen LogP contribution is -2.22. The molecule has 0 aliphatic carbocycles. The zero-order valence-corrected chi connectivity index (χ0v) is 10.2. The Morgan fingerprint density at radius 3 is 2.84 bits per heavy atom. The summed E-state index contributed by atoms with van der Waals surface area (Å²) in [6.45, 7) is 1.17. The van der Waals surface area contributed by atoms with E-state index in [9.17, 15) is 4.79 Å². The number of anilines is 1. The predicted molar refractivity (Wildman–Crippen MR) is 66.7 cm³/mol. The van der Waals surface area contributed by atoms with Crippen molar-refractivity contribution in [1.29, 1.82) is 0 Å². The lowest BCUT2D eigenvalue weighted by atomic mass is 10.1. The van der Waals surface area contributed by atoms with Crippen LogP contribution in [-0.4, -0.2) is 39.3 Å². The average molecular weight is 259 g/mol. The Kier molecular flexibility index (Phi) is 3.20. The molecule has 1 aromatic carbocycles. The molecule has 7 heteroatoms. The summed E-state index contributed by atoms with van der Waals surface area (Å²) in [4.78, 5) is 11.9. The molecule has 1 saturated heterocycles. The SMILES string of the molecule is O=C(Nc1ccc(-n2cnnn2)cc1)C1CCOC1. The quantitative estimate of drug-likeness (QED) is 0.874. The maximum atomic E-state index is 11.9. The maximum Gasteiger partial charge on any atom is 0.229 e. The van der Waals surface area contributed by atoms with Gasteiger partial charge >= 0.3 is 0 Å². The van der Waals surface area contributed by atoms with Crippen LogP contribution in [0.5, 0.6) is 0 Å². The Labute approximate surface area is 109 Å². The Morgan fingerprint density at radius 2 is 2.21 bits per heavy atom. The predicted octanol–water partition coefficient (Wildman–Crippen LogP) is 0.637. The lowest BCUT2D eigenvalue weighted by Gasteiger charge is -2.09. The van der Waals surface area contributed by atoms with Crippen molar-refractivity contribution in [2.24, 2.45) is 5.92 Å². The number of hydrogen-bond donors (Lipinski definition) is 1. The summed E-state index contributed by atoms with van der Waals surface area (Å²) < 4.78 is 6.75. The van der Waals surface area contributed by atoms with Gasteiger partial charge in [-0.05, 0) is 41.1 Å². The van der Waals surface area contributed by atoms with E-state index in [1.54, 1.807) is 4.68 Å². The number of carbonyl (C=O) groups is 1.